The van der Waals surface area contributed by atoms with Crippen LogP contribution in [0.4, 0.5) is 4.39 Å². The van der Waals surface area contributed by atoms with Gasteiger partial charge in [0.2, 0.25) is 0 Å². The van der Waals surface area contributed by atoms with Crippen LogP contribution in [0.2, 0.25) is 0 Å². The minimum absolute atomic E-state index is 0.139. The highest BCUT2D eigenvalue weighted by atomic mass is 19.1. The molecule has 0 radical (unpaired) electrons. The summed E-state index contributed by atoms with van der Waals surface area (Å²) < 4.78 is 15.1. The minimum Gasteiger partial charge on any atom is -0.206 e. The summed E-state index contributed by atoms with van der Waals surface area (Å²) in [5, 5.41) is 1.64. The molecule has 0 nitrogen and oxygen atoms in total. The second-order valence-corrected chi connectivity index (χ2v) is 6.61. The quantitative estimate of drug-likeness (QED) is 0.395. The fourth-order valence-electron chi connectivity index (χ4n) is 3.26. The van der Waals surface area contributed by atoms with E-state index in [1.54, 1.807) is 0 Å². The Kier molecular flexibility index (Phi) is 6.01. The molecule has 1 heteroatoms. The Morgan fingerprint density at radius 2 is 1.62 bits per heavy atom. The molecule has 132 valence electrons. The molecule has 0 aliphatic rings. The Bertz CT molecular complexity index is 917. The van der Waals surface area contributed by atoms with Crippen molar-refractivity contribution in [1.29, 1.82) is 0 Å². The van der Waals surface area contributed by atoms with E-state index in [9.17, 15) is 0 Å². The topological polar surface area (TPSA) is 0 Å². The molecule has 0 bridgehead atoms. The van der Waals surface area contributed by atoms with Crippen LogP contribution in [0.5, 0.6) is 0 Å². The number of aryl methyl sites for hydroxylation is 2. The van der Waals surface area contributed by atoms with Gasteiger partial charge < -0.3 is 0 Å². The predicted molar refractivity (Wildman–Crippen MR) is 111 cm³/mol. The van der Waals surface area contributed by atoms with Crippen molar-refractivity contribution < 1.29 is 4.39 Å². The summed E-state index contributed by atoms with van der Waals surface area (Å²) in [6.07, 6.45) is 10.1. The number of hydrogen-bond donors (Lipinski definition) is 0. The van der Waals surface area contributed by atoms with Gasteiger partial charge in [0.25, 0.3) is 0 Å². The molecule has 3 rings (SSSR count). The molecule has 0 spiro atoms. The van der Waals surface area contributed by atoms with E-state index in [0.29, 0.717) is 10.9 Å². The van der Waals surface area contributed by atoms with E-state index in [4.69, 9.17) is 0 Å². The Labute approximate surface area is 155 Å². The third kappa shape index (κ3) is 4.11. The van der Waals surface area contributed by atoms with Gasteiger partial charge in [0.05, 0.1) is 0 Å². The van der Waals surface area contributed by atoms with Crippen molar-refractivity contribution in [1.82, 2.24) is 0 Å². The van der Waals surface area contributed by atoms with Crippen molar-refractivity contribution in [3.8, 4) is 11.1 Å². The smallest absolute Gasteiger partial charge is 0.138 e. The van der Waals surface area contributed by atoms with Gasteiger partial charge in [0, 0.05) is 10.9 Å². The lowest BCUT2D eigenvalue weighted by Gasteiger charge is -2.09. The zero-order valence-corrected chi connectivity index (χ0v) is 15.3. The number of benzene rings is 3. The highest BCUT2D eigenvalue weighted by molar-refractivity contribution is 5.88. The van der Waals surface area contributed by atoms with Gasteiger partial charge in [-0.25, -0.2) is 4.39 Å². The van der Waals surface area contributed by atoms with Gasteiger partial charge in [-0.05, 0) is 54.7 Å². The lowest BCUT2D eigenvalue weighted by atomic mass is 9.97. The summed E-state index contributed by atoms with van der Waals surface area (Å²) in [4.78, 5) is 0. The van der Waals surface area contributed by atoms with E-state index in [1.165, 1.54) is 11.1 Å². The van der Waals surface area contributed by atoms with E-state index in [0.717, 1.165) is 36.6 Å². The monoisotopic (exact) mass is 344 g/mol. The molecule has 0 heterocycles. The van der Waals surface area contributed by atoms with Crippen LogP contribution in [0, 0.1) is 5.82 Å². The standard InChI is InChI=1S/C25H25F/c1-3-5-7-9-19-10-13-21(14-11-19)23-17-15-22-18-20(8-6-4-2)12-16-24(22)25(23)26/h3-5,10-18H,2,6-9H2,1H3/b5-3+. The molecule has 3 aromatic rings. The highest BCUT2D eigenvalue weighted by Gasteiger charge is 2.10. The predicted octanol–water partition coefficient (Wildman–Crippen LogP) is 7.27. The summed E-state index contributed by atoms with van der Waals surface area (Å²) in [6.45, 7) is 5.80. The zero-order chi connectivity index (χ0) is 18.4. The van der Waals surface area contributed by atoms with Gasteiger partial charge in [0.15, 0.2) is 0 Å². The maximum absolute atomic E-state index is 15.1. The molecule has 0 fully saturated rings. The largest absolute Gasteiger partial charge is 0.206 e. The summed E-state index contributed by atoms with van der Waals surface area (Å²) in [6, 6.07) is 18.1. The SMILES string of the molecule is C=CCCc1ccc2c(F)c(-c3ccc(CC/C=C/C)cc3)ccc2c1. The molecule has 0 atom stereocenters. The number of fused-ring (bicyclic) bond motifs is 1. The fourth-order valence-corrected chi connectivity index (χ4v) is 3.26. The van der Waals surface area contributed by atoms with Crippen LogP contribution >= 0.6 is 0 Å². The Morgan fingerprint density at radius 1 is 0.885 bits per heavy atom. The summed E-state index contributed by atoms with van der Waals surface area (Å²) >= 11 is 0. The van der Waals surface area contributed by atoms with E-state index in [-0.39, 0.29) is 5.82 Å². The third-order valence-electron chi connectivity index (χ3n) is 4.76. The van der Waals surface area contributed by atoms with Gasteiger partial charge in [-0.2, -0.15) is 0 Å². The van der Waals surface area contributed by atoms with Crippen LogP contribution in [0.25, 0.3) is 21.9 Å². The first-order chi connectivity index (χ1) is 12.7. The minimum atomic E-state index is -0.139. The lowest BCUT2D eigenvalue weighted by molar-refractivity contribution is 0.643. The van der Waals surface area contributed by atoms with Crippen LogP contribution < -0.4 is 0 Å². The fraction of sp³-hybridized carbons (Fsp3) is 0.200. The van der Waals surface area contributed by atoms with Crippen molar-refractivity contribution in [2.24, 2.45) is 0 Å². The van der Waals surface area contributed by atoms with E-state index in [2.05, 4.69) is 36.9 Å². The Morgan fingerprint density at radius 3 is 2.35 bits per heavy atom. The molecule has 0 aliphatic carbocycles. The van der Waals surface area contributed by atoms with Crippen molar-refractivity contribution in [3.63, 3.8) is 0 Å². The molecule has 0 aromatic heterocycles. The third-order valence-corrected chi connectivity index (χ3v) is 4.76. The average molecular weight is 344 g/mol. The first kappa shape index (κ1) is 18.1. The lowest BCUT2D eigenvalue weighted by Crippen LogP contribution is -1.90. The second-order valence-electron chi connectivity index (χ2n) is 6.61. The molecule has 0 N–H and O–H groups in total. The van der Waals surface area contributed by atoms with Crippen LogP contribution in [0.3, 0.4) is 0 Å². The highest BCUT2D eigenvalue weighted by Crippen LogP contribution is 2.30. The normalized spacial score (nSPS) is 11.3. The molecular weight excluding hydrogens is 319 g/mol. The number of allylic oxidation sites excluding steroid dienone is 3. The first-order valence-corrected chi connectivity index (χ1v) is 9.25. The Hall–Kier alpha value is -2.67. The van der Waals surface area contributed by atoms with Gasteiger partial charge in [0.1, 0.15) is 5.82 Å². The van der Waals surface area contributed by atoms with Crippen LogP contribution in [0.1, 0.15) is 30.9 Å². The molecule has 26 heavy (non-hydrogen) atoms. The van der Waals surface area contributed by atoms with Crippen LogP contribution in [-0.4, -0.2) is 0 Å². The van der Waals surface area contributed by atoms with Crippen LogP contribution in [-0.2, 0) is 12.8 Å². The van der Waals surface area contributed by atoms with Crippen molar-refractivity contribution in [3.05, 3.63) is 96.3 Å². The molecule has 0 aliphatic heterocycles. The molecule has 0 amide bonds. The van der Waals surface area contributed by atoms with Crippen LogP contribution in [0.15, 0.2) is 79.4 Å². The molecule has 3 aromatic carbocycles. The second kappa shape index (κ2) is 8.62. The maximum atomic E-state index is 15.1. The number of rotatable bonds is 7. The molecular formula is C25H25F. The first-order valence-electron chi connectivity index (χ1n) is 9.25. The van der Waals surface area contributed by atoms with Gasteiger partial charge in [-0.1, -0.05) is 72.8 Å². The summed E-state index contributed by atoms with van der Waals surface area (Å²) in [5.41, 5.74) is 4.08. The van der Waals surface area contributed by atoms with Gasteiger partial charge in [-0.15, -0.1) is 6.58 Å². The zero-order valence-electron chi connectivity index (χ0n) is 15.3. The number of halogens is 1. The molecule has 0 unspecified atom stereocenters. The van der Waals surface area contributed by atoms with Gasteiger partial charge >= 0.3 is 0 Å². The average Bonchev–Trinajstić information content (AvgIpc) is 2.67. The van der Waals surface area contributed by atoms with Crippen molar-refractivity contribution in [2.45, 2.75) is 32.6 Å². The molecule has 0 saturated carbocycles. The maximum Gasteiger partial charge on any atom is 0.138 e. The van der Waals surface area contributed by atoms with E-state index >= 15 is 4.39 Å². The van der Waals surface area contributed by atoms with Gasteiger partial charge in [-0.3, -0.25) is 0 Å². The summed E-state index contributed by atoms with van der Waals surface area (Å²) in [5.74, 6) is -0.139. The van der Waals surface area contributed by atoms with Crippen molar-refractivity contribution in [2.75, 3.05) is 0 Å². The number of hydrogen-bond acceptors (Lipinski definition) is 0. The van der Waals surface area contributed by atoms with E-state index in [1.807, 2.05) is 49.4 Å². The Balaban J connectivity index is 1.88. The molecule has 0 saturated heterocycles. The van der Waals surface area contributed by atoms with Crippen molar-refractivity contribution >= 4 is 10.8 Å². The van der Waals surface area contributed by atoms with E-state index < -0.39 is 0 Å². The summed E-state index contributed by atoms with van der Waals surface area (Å²) in [7, 11) is 0.